The van der Waals surface area contributed by atoms with Crippen molar-refractivity contribution in [2.45, 2.75) is 46.2 Å². The first-order valence-electron chi connectivity index (χ1n) is 6.51. The molecule has 2 atom stereocenters. The molecule has 0 saturated carbocycles. The van der Waals surface area contributed by atoms with E-state index in [9.17, 15) is 0 Å². The monoisotopic (exact) mass is 263 g/mol. The van der Waals surface area contributed by atoms with Crippen molar-refractivity contribution in [1.29, 1.82) is 0 Å². The molecule has 2 heterocycles. The highest BCUT2D eigenvalue weighted by Gasteiger charge is 2.14. The van der Waals surface area contributed by atoms with Crippen LogP contribution in [0.4, 0.5) is 0 Å². The van der Waals surface area contributed by atoms with Crippen LogP contribution in [0.2, 0.25) is 0 Å². The summed E-state index contributed by atoms with van der Waals surface area (Å²) in [6.07, 6.45) is 1.12. The molecule has 0 saturated heterocycles. The summed E-state index contributed by atoms with van der Waals surface area (Å²) >= 11 is 1.89. The molecule has 2 aromatic heterocycles. The molecule has 2 unspecified atom stereocenters. The van der Waals surface area contributed by atoms with Gasteiger partial charge >= 0.3 is 0 Å². The predicted octanol–water partition coefficient (Wildman–Crippen LogP) is 4.62. The lowest BCUT2D eigenvalue weighted by molar-refractivity contribution is 0.394. The van der Waals surface area contributed by atoms with Crippen LogP contribution >= 0.6 is 11.3 Å². The van der Waals surface area contributed by atoms with Crippen LogP contribution in [-0.4, -0.2) is 0 Å². The quantitative estimate of drug-likeness (QED) is 0.851. The lowest BCUT2D eigenvalue weighted by atomic mass is 10.2. The standard InChI is InChI=1S/C15H21NOS/c1-5-13-7-9-15(18-13)12(4)16-11(3)14-8-6-10(2)17-14/h6-9,11-12,16H,5H2,1-4H3. The van der Waals surface area contributed by atoms with E-state index in [1.807, 2.05) is 30.4 Å². The molecule has 0 aromatic carbocycles. The van der Waals surface area contributed by atoms with Gasteiger partial charge in [-0.3, -0.25) is 0 Å². The van der Waals surface area contributed by atoms with Gasteiger partial charge in [0, 0.05) is 15.8 Å². The van der Waals surface area contributed by atoms with E-state index in [4.69, 9.17) is 4.42 Å². The van der Waals surface area contributed by atoms with Gasteiger partial charge in [0.2, 0.25) is 0 Å². The van der Waals surface area contributed by atoms with Crippen molar-refractivity contribution < 1.29 is 4.42 Å². The van der Waals surface area contributed by atoms with E-state index in [0.29, 0.717) is 6.04 Å². The average molecular weight is 263 g/mol. The zero-order chi connectivity index (χ0) is 13.1. The van der Waals surface area contributed by atoms with E-state index >= 15 is 0 Å². The minimum Gasteiger partial charge on any atom is -0.465 e. The third-order valence-electron chi connectivity index (χ3n) is 3.15. The summed E-state index contributed by atoms with van der Waals surface area (Å²) in [6, 6.07) is 9.10. The minimum atomic E-state index is 0.237. The third kappa shape index (κ3) is 3.03. The number of furan rings is 1. The Hall–Kier alpha value is -1.06. The maximum Gasteiger partial charge on any atom is 0.120 e. The van der Waals surface area contributed by atoms with Crippen molar-refractivity contribution in [3.05, 3.63) is 45.5 Å². The fraction of sp³-hybridized carbons (Fsp3) is 0.467. The molecule has 0 fully saturated rings. The Bertz CT molecular complexity index is 500. The van der Waals surface area contributed by atoms with Crippen LogP contribution in [0, 0.1) is 6.92 Å². The minimum absolute atomic E-state index is 0.237. The first-order chi connectivity index (χ1) is 8.60. The molecule has 2 nitrogen and oxygen atoms in total. The highest BCUT2D eigenvalue weighted by atomic mass is 32.1. The lowest BCUT2D eigenvalue weighted by Gasteiger charge is -2.17. The van der Waals surface area contributed by atoms with Crippen LogP contribution in [0.15, 0.2) is 28.7 Å². The maximum atomic E-state index is 5.65. The SMILES string of the molecule is CCc1ccc(C(C)NC(C)c2ccc(C)o2)s1. The first-order valence-corrected chi connectivity index (χ1v) is 7.32. The second-order valence-corrected chi connectivity index (χ2v) is 5.92. The average Bonchev–Trinajstić information content (AvgIpc) is 2.97. The maximum absolute atomic E-state index is 5.65. The Morgan fingerprint density at radius 1 is 1.17 bits per heavy atom. The zero-order valence-electron chi connectivity index (χ0n) is 11.5. The van der Waals surface area contributed by atoms with E-state index in [1.165, 1.54) is 9.75 Å². The van der Waals surface area contributed by atoms with Crippen molar-refractivity contribution in [2.75, 3.05) is 0 Å². The van der Waals surface area contributed by atoms with Crippen LogP contribution in [0.25, 0.3) is 0 Å². The topological polar surface area (TPSA) is 25.2 Å². The smallest absolute Gasteiger partial charge is 0.120 e. The van der Waals surface area contributed by atoms with Crippen molar-refractivity contribution in [2.24, 2.45) is 0 Å². The number of thiophene rings is 1. The third-order valence-corrected chi connectivity index (χ3v) is 4.56. The Kier molecular flexibility index (Phi) is 4.25. The summed E-state index contributed by atoms with van der Waals surface area (Å²) in [6.45, 7) is 8.52. The van der Waals surface area contributed by atoms with Gasteiger partial charge < -0.3 is 9.73 Å². The van der Waals surface area contributed by atoms with Gasteiger partial charge in [0.05, 0.1) is 6.04 Å². The van der Waals surface area contributed by atoms with Crippen LogP contribution < -0.4 is 5.32 Å². The predicted molar refractivity (Wildman–Crippen MR) is 77.1 cm³/mol. The molecular weight excluding hydrogens is 242 g/mol. The van der Waals surface area contributed by atoms with Crippen LogP contribution in [0.1, 0.15) is 54.1 Å². The van der Waals surface area contributed by atoms with Gasteiger partial charge in [-0.1, -0.05) is 6.92 Å². The van der Waals surface area contributed by atoms with Gasteiger partial charge in [-0.25, -0.2) is 0 Å². The number of hydrogen-bond acceptors (Lipinski definition) is 3. The van der Waals surface area contributed by atoms with Gasteiger partial charge in [-0.05, 0) is 51.5 Å². The van der Waals surface area contributed by atoms with Gasteiger partial charge in [0.15, 0.2) is 0 Å². The molecule has 0 aliphatic heterocycles. The van der Waals surface area contributed by atoms with Gasteiger partial charge in [-0.15, -0.1) is 11.3 Å². The van der Waals surface area contributed by atoms with Crippen molar-refractivity contribution in [1.82, 2.24) is 5.32 Å². The molecule has 1 N–H and O–H groups in total. The van der Waals surface area contributed by atoms with Crippen molar-refractivity contribution >= 4 is 11.3 Å². The summed E-state index contributed by atoms with van der Waals surface area (Å²) in [5.74, 6) is 1.97. The van der Waals surface area contributed by atoms with Gasteiger partial charge in [-0.2, -0.15) is 0 Å². The van der Waals surface area contributed by atoms with Gasteiger partial charge in [0.1, 0.15) is 11.5 Å². The molecule has 0 spiro atoms. The highest BCUT2D eigenvalue weighted by Crippen LogP contribution is 2.26. The Balaban J connectivity index is 2.00. The summed E-state index contributed by atoms with van der Waals surface area (Å²) in [5, 5.41) is 3.58. The second kappa shape index (κ2) is 5.72. The molecular formula is C15H21NOS. The second-order valence-electron chi connectivity index (χ2n) is 4.72. The molecule has 2 rings (SSSR count). The molecule has 0 bridgehead atoms. The number of nitrogens with one attached hydrogen (secondary N) is 1. The summed E-state index contributed by atoms with van der Waals surface area (Å²) in [5.41, 5.74) is 0. The zero-order valence-corrected chi connectivity index (χ0v) is 12.3. The molecule has 2 aromatic rings. The highest BCUT2D eigenvalue weighted by molar-refractivity contribution is 7.12. The van der Waals surface area contributed by atoms with E-state index in [2.05, 4.69) is 38.2 Å². The van der Waals surface area contributed by atoms with Gasteiger partial charge in [0.25, 0.3) is 0 Å². The van der Waals surface area contributed by atoms with Crippen LogP contribution in [0.5, 0.6) is 0 Å². The summed E-state index contributed by atoms with van der Waals surface area (Å²) in [4.78, 5) is 2.84. The van der Waals surface area contributed by atoms with E-state index in [1.54, 1.807) is 0 Å². The molecule has 0 amide bonds. The number of aryl methyl sites for hydroxylation is 2. The van der Waals surface area contributed by atoms with Crippen LogP contribution in [0.3, 0.4) is 0 Å². The molecule has 18 heavy (non-hydrogen) atoms. The lowest BCUT2D eigenvalue weighted by Crippen LogP contribution is -2.21. The fourth-order valence-corrected chi connectivity index (χ4v) is 3.01. The summed E-state index contributed by atoms with van der Waals surface area (Å²) < 4.78 is 5.65. The number of hydrogen-bond donors (Lipinski definition) is 1. The van der Waals surface area contributed by atoms with Crippen molar-refractivity contribution in [3.8, 4) is 0 Å². The normalized spacial score (nSPS) is 14.7. The fourth-order valence-electron chi connectivity index (χ4n) is 2.04. The molecule has 3 heteroatoms. The van der Waals surface area contributed by atoms with E-state index < -0.39 is 0 Å². The van der Waals surface area contributed by atoms with E-state index in [0.717, 1.165) is 17.9 Å². The summed E-state index contributed by atoms with van der Waals surface area (Å²) in [7, 11) is 0. The Morgan fingerprint density at radius 3 is 2.50 bits per heavy atom. The molecule has 0 aliphatic rings. The molecule has 98 valence electrons. The van der Waals surface area contributed by atoms with Crippen molar-refractivity contribution in [3.63, 3.8) is 0 Å². The molecule has 0 aliphatic carbocycles. The first kappa shape index (κ1) is 13.4. The van der Waals surface area contributed by atoms with E-state index in [-0.39, 0.29) is 6.04 Å². The molecule has 0 radical (unpaired) electrons. The Labute approximate surface area is 113 Å². The largest absolute Gasteiger partial charge is 0.465 e. The van der Waals surface area contributed by atoms with Crippen LogP contribution in [-0.2, 0) is 6.42 Å². The number of rotatable bonds is 5. The Morgan fingerprint density at radius 2 is 1.94 bits per heavy atom.